The van der Waals surface area contributed by atoms with Crippen molar-refractivity contribution < 1.29 is 9.53 Å². The van der Waals surface area contributed by atoms with E-state index < -0.39 is 0 Å². The summed E-state index contributed by atoms with van der Waals surface area (Å²) in [5, 5.41) is 16.4. The molecule has 1 amide bonds. The fourth-order valence-electron chi connectivity index (χ4n) is 2.12. The van der Waals surface area contributed by atoms with Gasteiger partial charge in [-0.15, -0.1) is 10.2 Å². The van der Waals surface area contributed by atoms with Crippen molar-refractivity contribution in [3.63, 3.8) is 0 Å². The van der Waals surface area contributed by atoms with Gasteiger partial charge in [0.2, 0.25) is 5.82 Å². The fraction of sp³-hybridized carbons (Fsp3) is 0.200. The van der Waals surface area contributed by atoms with Crippen LogP contribution in [0.4, 0.5) is 0 Å². The Morgan fingerprint density at radius 3 is 2.92 bits per heavy atom. The van der Waals surface area contributed by atoms with Crippen molar-refractivity contribution in [2.24, 2.45) is 0 Å². The summed E-state index contributed by atoms with van der Waals surface area (Å²) in [5.74, 6) is 1.18. The summed E-state index contributed by atoms with van der Waals surface area (Å²) in [4.78, 5) is 20.7. The number of methoxy groups -OCH3 is 1. The van der Waals surface area contributed by atoms with E-state index in [0.717, 1.165) is 11.3 Å². The molecule has 0 spiro atoms. The number of nitrogens with zero attached hydrogens (tertiary/aromatic N) is 5. The largest absolute Gasteiger partial charge is 0.497 e. The van der Waals surface area contributed by atoms with Crippen molar-refractivity contribution >= 4 is 5.91 Å². The molecule has 0 aliphatic rings. The molecule has 1 aromatic carbocycles. The van der Waals surface area contributed by atoms with Crippen LogP contribution in [0.5, 0.6) is 5.75 Å². The lowest BCUT2D eigenvalue weighted by Gasteiger charge is -2.07. The maximum atomic E-state index is 12.3. The van der Waals surface area contributed by atoms with Crippen LogP contribution < -0.4 is 10.1 Å². The third-order valence-corrected chi connectivity index (χ3v) is 3.23. The lowest BCUT2D eigenvalue weighted by Crippen LogP contribution is -2.24. The zero-order valence-electron chi connectivity index (χ0n) is 13.1. The van der Waals surface area contributed by atoms with E-state index in [0.29, 0.717) is 23.9 Å². The summed E-state index contributed by atoms with van der Waals surface area (Å²) in [6.07, 6.45) is 0. The van der Waals surface area contributed by atoms with Crippen LogP contribution in [0.3, 0.4) is 0 Å². The van der Waals surface area contributed by atoms with E-state index in [9.17, 15) is 4.79 Å². The average Bonchev–Trinajstić information content (AvgIpc) is 3.14. The number of carbonyl (C=O) groups is 1. The van der Waals surface area contributed by atoms with E-state index in [4.69, 9.17) is 4.74 Å². The van der Waals surface area contributed by atoms with Gasteiger partial charge in [0.1, 0.15) is 23.0 Å². The smallest absolute Gasteiger partial charge is 0.270 e. The predicted molar refractivity (Wildman–Crippen MR) is 84.1 cm³/mol. The number of amides is 1. The molecule has 0 fully saturated rings. The molecule has 0 atom stereocenters. The lowest BCUT2D eigenvalue weighted by atomic mass is 10.2. The molecule has 3 rings (SSSR count). The van der Waals surface area contributed by atoms with Gasteiger partial charge in [-0.25, -0.2) is 9.97 Å². The standard InChI is InChI=1S/C15H15N7O2/c1-9-17-12(14-19-21-22-20-14)7-13(18-9)15(23)16-8-10-4-3-5-11(6-10)24-2/h3-7H,8H2,1-2H3,(H,16,23)(H,19,20,21,22). The highest BCUT2D eigenvalue weighted by Gasteiger charge is 2.13. The summed E-state index contributed by atoms with van der Waals surface area (Å²) in [7, 11) is 1.60. The molecule has 2 aromatic heterocycles. The quantitative estimate of drug-likeness (QED) is 0.715. The Morgan fingerprint density at radius 1 is 1.29 bits per heavy atom. The Balaban J connectivity index is 1.75. The van der Waals surface area contributed by atoms with Crippen molar-refractivity contribution in [1.29, 1.82) is 0 Å². The van der Waals surface area contributed by atoms with Gasteiger partial charge in [0.05, 0.1) is 7.11 Å². The number of aromatic amines is 1. The van der Waals surface area contributed by atoms with Crippen molar-refractivity contribution in [3.05, 3.63) is 47.4 Å². The monoisotopic (exact) mass is 325 g/mol. The summed E-state index contributed by atoms with van der Waals surface area (Å²) in [5.41, 5.74) is 1.60. The topological polar surface area (TPSA) is 119 Å². The molecular formula is C15H15N7O2. The van der Waals surface area contributed by atoms with Gasteiger partial charge in [0.25, 0.3) is 5.91 Å². The number of carbonyl (C=O) groups excluding carboxylic acids is 1. The maximum absolute atomic E-state index is 12.3. The third-order valence-electron chi connectivity index (χ3n) is 3.23. The average molecular weight is 325 g/mol. The molecule has 0 unspecified atom stereocenters. The molecule has 2 N–H and O–H groups in total. The normalized spacial score (nSPS) is 10.4. The van der Waals surface area contributed by atoms with Gasteiger partial charge >= 0.3 is 0 Å². The number of aromatic nitrogens is 6. The van der Waals surface area contributed by atoms with Crippen LogP contribution in [0.2, 0.25) is 0 Å². The second-order valence-corrected chi connectivity index (χ2v) is 4.96. The molecule has 0 aliphatic carbocycles. The summed E-state index contributed by atoms with van der Waals surface area (Å²) >= 11 is 0. The SMILES string of the molecule is COc1cccc(CNC(=O)c2cc(-c3nn[nH]n3)nc(C)n2)c1. The second-order valence-electron chi connectivity index (χ2n) is 4.96. The van der Waals surface area contributed by atoms with Crippen LogP contribution in [0.1, 0.15) is 21.9 Å². The molecule has 0 aliphatic heterocycles. The van der Waals surface area contributed by atoms with Crippen LogP contribution in [0.25, 0.3) is 11.5 Å². The highest BCUT2D eigenvalue weighted by Crippen LogP contribution is 2.13. The first kappa shape index (κ1) is 15.5. The van der Waals surface area contributed by atoms with Gasteiger partial charge in [0, 0.05) is 6.54 Å². The van der Waals surface area contributed by atoms with E-state index in [1.807, 2.05) is 24.3 Å². The number of hydrogen-bond acceptors (Lipinski definition) is 7. The zero-order chi connectivity index (χ0) is 16.9. The highest BCUT2D eigenvalue weighted by atomic mass is 16.5. The predicted octanol–water partition coefficient (Wildman–Crippen LogP) is 0.904. The van der Waals surface area contributed by atoms with E-state index in [-0.39, 0.29) is 11.6 Å². The molecule has 0 radical (unpaired) electrons. The van der Waals surface area contributed by atoms with Crippen LogP contribution in [0, 0.1) is 6.92 Å². The van der Waals surface area contributed by atoms with Crippen molar-refractivity contribution in [2.75, 3.05) is 7.11 Å². The van der Waals surface area contributed by atoms with E-state index in [1.165, 1.54) is 6.07 Å². The van der Waals surface area contributed by atoms with E-state index in [1.54, 1.807) is 14.0 Å². The summed E-state index contributed by atoms with van der Waals surface area (Å²) < 4.78 is 5.16. The number of aryl methyl sites for hydroxylation is 1. The van der Waals surface area contributed by atoms with Gasteiger partial charge in [-0.05, 0) is 35.9 Å². The zero-order valence-corrected chi connectivity index (χ0v) is 13.1. The number of tetrazole rings is 1. The fourth-order valence-corrected chi connectivity index (χ4v) is 2.12. The molecule has 9 nitrogen and oxygen atoms in total. The first-order valence-corrected chi connectivity index (χ1v) is 7.16. The number of ether oxygens (including phenoxy) is 1. The highest BCUT2D eigenvalue weighted by molar-refractivity contribution is 5.93. The first-order valence-electron chi connectivity index (χ1n) is 7.16. The third kappa shape index (κ3) is 3.51. The van der Waals surface area contributed by atoms with Crippen LogP contribution >= 0.6 is 0 Å². The molecule has 0 saturated heterocycles. The molecule has 0 saturated carbocycles. The Bertz CT molecular complexity index is 849. The van der Waals surface area contributed by atoms with Gasteiger partial charge < -0.3 is 10.1 Å². The number of hydrogen-bond donors (Lipinski definition) is 2. The van der Waals surface area contributed by atoms with Crippen LogP contribution in [0.15, 0.2) is 30.3 Å². The Hall–Kier alpha value is -3.36. The first-order chi connectivity index (χ1) is 11.7. The van der Waals surface area contributed by atoms with Crippen molar-refractivity contribution in [1.82, 2.24) is 35.9 Å². The molecule has 2 heterocycles. The van der Waals surface area contributed by atoms with E-state index in [2.05, 4.69) is 35.9 Å². The van der Waals surface area contributed by atoms with Gasteiger partial charge in [0.15, 0.2) is 0 Å². The van der Waals surface area contributed by atoms with Gasteiger partial charge in [-0.3, -0.25) is 4.79 Å². The molecule has 24 heavy (non-hydrogen) atoms. The molecule has 0 bridgehead atoms. The molecule has 3 aromatic rings. The van der Waals surface area contributed by atoms with Crippen molar-refractivity contribution in [2.45, 2.75) is 13.5 Å². The minimum atomic E-state index is -0.312. The van der Waals surface area contributed by atoms with Gasteiger partial charge in [-0.1, -0.05) is 12.1 Å². The Kier molecular flexibility index (Phi) is 4.41. The number of H-pyrrole nitrogens is 1. The Labute approximate surface area is 137 Å². The summed E-state index contributed by atoms with van der Waals surface area (Å²) in [6.45, 7) is 2.05. The second kappa shape index (κ2) is 6.82. The van der Waals surface area contributed by atoms with Crippen LogP contribution in [-0.2, 0) is 6.54 Å². The number of nitrogens with one attached hydrogen (secondary N) is 2. The van der Waals surface area contributed by atoms with Crippen molar-refractivity contribution in [3.8, 4) is 17.3 Å². The number of rotatable bonds is 5. The molecular weight excluding hydrogens is 310 g/mol. The van der Waals surface area contributed by atoms with E-state index >= 15 is 0 Å². The number of benzene rings is 1. The molecule has 122 valence electrons. The Morgan fingerprint density at radius 2 is 2.17 bits per heavy atom. The minimum absolute atomic E-state index is 0.241. The lowest BCUT2D eigenvalue weighted by molar-refractivity contribution is 0.0945. The van der Waals surface area contributed by atoms with Crippen LogP contribution in [-0.4, -0.2) is 43.6 Å². The van der Waals surface area contributed by atoms with Gasteiger partial charge in [-0.2, -0.15) is 5.21 Å². The molecule has 9 heteroatoms. The minimum Gasteiger partial charge on any atom is -0.497 e. The maximum Gasteiger partial charge on any atom is 0.270 e. The summed E-state index contributed by atoms with van der Waals surface area (Å²) in [6, 6.07) is 8.99.